The van der Waals surface area contributed by atoms with E-state index in [4.69, 9.17) is 10.5 Å². The molecule has 1 aromatic heterocycles. The number of ether oxygens (including phenoxy) is 2. The van der Waals surface area contributed by atoms with Crippen molar-refractivity contribution in [2.75, 3.05) is 13.2 Å². The van der Waals surface area contributed by atoms with Crippen molar-refractivity contribution in [3.8, 4) is 35.8 Å². The average Bonchev–Trinajstić information content (AvgIpc) is 2.55. The lowest BCUT2D eigenvalue weighted by Gasteiger charge is -1.99. The minimum absolute atomic E-state index is 0.0491. The first-order chi connectivity index (χ1) is 11.5. The maximum Gasteiger partial charge on any atom is 0.303 e. The Morgan fingerprint density at radius 3 is 1.50 bits per heavy atom. The van der Waals surface area contributed by atoms with Crippen LogP contribution in [0.5, 0.6) is 0 Å². The lowest BCUT2D eigenvalue weighted by Crippen LogP contribution is -2.03. The zero-order valence-electron chi connectivity index (χ0n) is 12.8. The molecule has 0 amide bonds. The number of aromatic nitrogens is 2. The van der Waals surface area contributed by atoms with E-state index in [2.05, 4.69) is 43.1 Å². The van der Waals surface area contributed by atoms with Crippen molar-refractivity contribution in [2.24, 2.45) is 0 Å². The van der Waals surface area contributed by atoms with Gasteiger partial charge in [0.15, 0.2) is 24.6 Å². The zero-order valence-corrected chi connectivity index (χ0v) is 12.8. The van der Waals surface area contributed by atoms with Crippen LogP contribution in [0.2, 0.25) is 0 Å². The molecule has 0 aliphatic heterocycles. The van der Waals surface area contributed by atoms with E-state index in [9.17, 15) is 9.59 Å². The van der Waals surface area contributed by atoms with E-state index in [1.54, 1.807) is 12.1 Å². The van der Waals surface area contributed by atoms with Gasteiger partial charge in [0.1, 0.15) is 23.5 Å². The second kappa shape index (κ2) is 9.20. The SMILES string of the molecule is CC(=O)OCC#Cc1nc(C#N)c(C#N)nc1C#CCOC(C)=O. The van der Waals surface area contributed by atoms with Crippen molar-refractivity contribution in [3.63, 3.8) is 0 Å². The number of rotatable bonds is 2. The number of hydrogen-bond donors (Lipinski definition) is 0. The van der Waals surface area contributed by atoms with Gasteiger partial charge in [-0.2, -0.15) is 10.5 Å². The summed E-state index contributed by atoms with van der Waals surface area (Å²) in [7, 11) is 0. The van der Waals surface area contributed by atoms with Crippen LogP contribution >= 0.6 is 0 Å². The fourth-order valence-corrected chi connectivity index (χ4v) is 1.28. The van der Waals surface area contributed by atoms with E-state index < -0.39 is 11.9 Å². The van der Waals surface area contributed by atoms with Crippen LogP contribution in [0.25, 0.3) is 0 Å². The van der Waals surface area contributed by atoms with Gasteiger partial charge in [-0.15, -0.1) is 0 Å². The molecule has 0 saturated carbocycles. The van der Waals surface area contributed by atoms with Gasteiger partial charge in [-0.25, -0.2) is 9.97 Å². The van der Waals surface area contributed by atoms with Crippen molar-refractivity contribution in [1.82, 2.24) is 9.97 Å². The second-order valence-corrected chi connectivity index (χ2v) is 4.01. The molecule has 118 valence electrons. The van der Waals surface area contributed by atoms with Crippen molar-refractivity contribution in [1.29, 1.82) is 10.5 Å². The van der Waals surface area contributed by atoms with E-state index >= 15 is 0 Å². The first-order valence-corrected chi connectivity index (χ1v) is 6.44. The van der Waals surface area contributed by atoms with Gasteiger partial charge in [0, 0.05) is 13.8 Å². The molecule has 0 saturated heterocycles. The molecule has 8 heteroatoms. The molecule has 0 atom stereocenters. The van der Waals surface area contributed by atoms with Gasteiger partial charge < -0.3 is 9.47 Å². The second-order valence-electron chi connectivity index (χ2n) is 4.01. The molecule has 8 nitrogen and oxygen atoms in total. The summed E-state index contributed by atoms with van der Waals surface area (Å²) in [6.07, 6.45) is 0. The van der Waals surface area contributed by atoms with Crippen molar-refractivity contribution < 1.29 is 19.1 Å². The maximum absolute atomic E-state index is 10.7. The number of carbonyl (C=O) groups is 2. The predicted molar refractivity (Wildman–Crippen MR) is 78.5 cm³/mol. The Morgan fingerprint density at radius 1 is 0.833 bits per heavy atom. The summed E-state index contributed by atoms with van der Waals surface area (Å²) in [5, 5.41) is 17.9. The van der Waals surface area contributed by atoms with Crippen LogP contribution in [0.1, 0.15) is 36.6 Å². The minimum atomic E-state index is -0.491. The van der Waals surface area contributed by atoms with Gasteiger partial charge in [0.2, 0.25) is 0 Å². The summed E-state index contributed by atoms with van der Waals surface area (Å²) in [5.74, 6) is 9.22. The van der Waals surface area contributed by atoms with Crippen LogP contribution in [-0.4, -0.2) is 35.1 Å². The standard InChI is InChI=1S/C16H10N4O4/c1-11(21)23-7-3-5-13-14(6-4-8-24-12(2)22)20-16(10-18)15(9-17)19-13/h7-8H2,1-2H3. The molecule has 1 rings (SSSR count). The number of hydrogen-bond acceptors (Lipinski definition) is 8. The number of esters is 2. The number of nitrogens with zero attached hydrogens (tertiary/aromatic N) is 4. The highest BCUT2D eigenvalue weighted by Crippen LogP contribution is 2.06. The number of carbonyl (C=O) groups excluding carboxylic acids is 2. The highest BCUT2D eigenvalue weighted by molar-refractivity contribution is 5.66. The monoisotopic (exact) mass is 322 g/mol. The Hall–Kier alpha value is -3.88. The van der Waals surface area contributed by atoms with E-state index in [0.29, 0.717) is 0 Å². The van der Waals surface area contributed by atoms with Crippen LogP contribution in [0.3, 0.4) is 0 Å². The van der Waals surface area contributed by atoms with Crippen LogP contribution in [-0.2, 0) is 19.1 Å². The Balaban J connectivity index is 3.18. The third-order valence-electron chi connectivity index (χ3n) is 2.22. The van der Waals surface area contributed by atoms with Crippen molar-refractivity contribution in [3.05, 3.63) is 22.8 Å². The van der Waals surface area contributed by atoms with Crippen LogP contribution in [0.15, 0.2) is 0 Å². The van der Waals surface area contributed by atoms with E-state index in [-0.39, 0.29) is 36.0 Å². The lowest BCUT2D eigenvalue weighted by atomic mass is 10.2. The molecule has 0 N–H and O–H groups in total. The normalized spacial score (nSPS) is 8.33. The van der Waals surface area contributed by atoms with E-state index in [1.165, 1.54) is 13.8 Å². The molecule has 0 radical (unpaired) electrons. The molecule has 0 fully saturated rings. The fraction of sp³-hybridized carbons (Fsp3) is 0.250. The lowest BCUT2D eigenvalue weighted by molar-refractivity contribution is -0.140. The summed E-state index contributed by atoms with van der Waals surface area (Å²) < 4.78 is 9.32. The quantitative estimate of drug-likeness (QED) is 0.552. The summed E-state index contributed by atoms with van der Waals surface area (Å²) in [4.78, 5) is 29.2. The Morgan fingerprint density at radius 2 is 1.21 bits per heavy atom. The molecule has 0 aromatic carbocycles. The Kier molecular flexibility index (Phi) is 6.97. The summed E-state index contributed by atoms with van der Waals surface area (Å²) in [6.45, 7) is 2.14. The molecule has 0 aliphatic rings. The first kappa shape index (κ1) is 18.2. The third-order valence-corrected chi connectivity index (χ3v) is 2.22. The highest BCUT2D eigenvalue weighted by Gasteiger charge is 2.10. The fourth-order valence-electron chi connectivity index (χ4n) is 1.28. The average molecular weight is 322 g/mol. The summed E-state index contributed by atoms with van der Waals surface area (Å²) >= 11 is 0. The molecular weight excluding hydrogens is 312 g/mol. The maximum atomic E-state index is 10.7. The van der Waals surface area contributed by atoms with Crippen LogP contribution in [0, 0.1) is 46.3 Å². The Bertz CT molecular complexity index is 797. The largest absolute Gasteiger partial charge is 0.453 e. The van der Waals surface area contributed by atoms with Crippen LogP contribution in [0.4, 0.5) is 0 Å². The molecule has 0 spiro atoms. The van der Waals surface area contributed by atoms with Gasteiger partial charge in [0.25, 0.3) is 0 Å². The third kappa shape index (κ3) is 5.85. The Labute approximate surface area is 138 Å². The molecule has 0 bridgehead atoms. The van der Waals surface area contributed by atoms with Crippen LogP contribution < -0.4 is 0 Å². The van der Waals surface area contributed by atoms with E-state index in [0.717, 1.165) is 0 Å². The van der Waals surface area contributed by atoms with Crippen molar-refractivity contribution in [2.45, 2.75) is 13.8 Å². The number of nitriles is 2. The van der Waals surface area contributed by atoms with Crippen molar-refractivity contribution >= 4 is 11.9 Å². The van der Waals surface area contributed by atoms with Gasteiger partial charge in [-0.3, -0.25) is 9.59 Å². The van der Waals surface area contributed by atoms with Gasteiger partial charge in [-0.1, -0.05) is 11.8 Å². The molecular formula is C16H10N4O4. The minimum Gasteiger partial charge on any atom is -0.453 e. The molecule has 1 heterocycles. The summed E-state index contributed by atoms with van der Waals surface area (Å²) in [5.41, 5.74) is -0.291. The van der Waals surface area contributed by atoms with Gasteiger partial charge in [-0.05, 0) is 11.8 Å². The first-order valence-electron chi connectivity index (χ1n) is 6.44. The zero-order chi connectivity index (χ0) is 17.9. The predicted octanol–water partition coefficient (Wildman–Crippen LogP) is 0.0492. The molecule has 1 aromatic rings. The molecule has 24 heavy (non-hydrogen) atoms. The van der Waals surface area contributed by atoms with E-state index in [1.807, 2.05) is 0 Å². The summed E-state index contributed by atoms with van der Waals surface area (Å²) in [6, 6.07) is 3.48. The molecule has 0 unspecified atom stereocenters. The smallest absolute Gasteiger partial charge is 0.303 e. The topological polar surface area (TPSA) is 126 Å². The van der Waals surface area contributed by atoms with Gasteiger partial charge >= 0.3 is 11.9 Å². The molecule has 0 aliphatic carbocycles. The van der Waals surface area contributed by atoms with Gasteiger partial charge in [0.05, 0.1) is 0 Å². The highest BCUT2D eigenvalue weighted by atomic mass is 16.5.